The van der Waals surface area contributed by atoms with Crippen LogP contribution in [0.5, 0.6) is 11.8 Å². The van der Waals surface area contributed by atoms with E-state index in [-0.39, 0.29) is 6.01 Å². The van der Waals surface area contributed by atoms with Gasteiger partial charge in [0.25, 0.3) is 0 Å². The molecule has 29 heavy (non-hydrogen) atoms. The predicted octanol–water partition coefficient (Wildman–Crippen LogP) is 4.46. The van der Waals surface area contributed by atoms with Gasteiger partial charge in [0, 0.05) is 41.6 Å². The summed E-state index contributed by atoms with van der Waals surface area (Å²) in [4.78, 5) is 12.5. The second-order valence-electron chi connectivity index (χ2n) is 7.07. The number of hydrogen-bond acceptors (Lipinski definition) is 6. The predicted molar refractivity (Wildman–Crippen MR) is 109 cm³/mol. The molecule has 2 N–H and O–H groups in total. The number of fused-ring (bicyclic) bond motifs is 1. The average molecular weight is 382 g/mol. The van der Waals surface area contributed by atoms with E-state index in [9.17, 15) is 5.26 Å². The number of nitrogen functional groups attached to an aromatic ring is 1. The molecule has 3 heterocycles. The van der Waals surface area contributed by atoms with Gasteiger partial charge < -0.3 is 15.0 Å². The van der Waals surface area contributed by atoms with Crippen LogP contribution in [0.3, 0.4) is 0 Å². The molecule has 1 aliphatic rings. The van der Waals surface area contributed by atoms with E-state index in [0.717, 1.165) is 35.0 Å². The smallest absolute Gasteiger partial charge is 0.321 e. The highest BCUT2D eigenvalue weighted by atomic mass is 16.5. The summed E-state index contributed by atoms with van der Waals surface area (Å²) in [5.74, 6) is 1.09. The lowest BCUT2D eigenvalue weighted by molar-refractivity contribution is 0.324. The fourth-order valence-corrected chi connectivity index (χ4v) is 3.76. The van der Waals surface area contributed by atoms with Crippen molar-refractivity contribution in [3.8, 4) is 29.1 Å². The lowest BCUT2D eigenvalue weighted by Crippen LogP contribution is -2.17. The minimum atomic E-state index is 0.289. The molecule has 7 heteroatoms. The summed E-state index contributed by atoms with van der Waals surface area (Å²) < 4.78 is 8.08. The molecular formula is C22H18N6O. The first-order valence-electron chi connectivity index (χ1n) is 9.49. The summed E-state index contributed by atoms with van der Waals surface area (Å²) in [6, 6.07) is 14.2. The van der Waals surface area contributed by atoms with Gasteiger partial charge in [0.2, 0.25) is 0 Å². The van der Waals surface area contributed by atoms with Crippen molar-refractivity contribution in [1.82, 2.24) is 19.5 Å². The third-order valence-electron chi connectivity index (χ3n) is 5.34. The molecule has 0 unspecified atom stereocenters. The van der Waals surface area contributed by atoms with Crippen LogP contribution in [0.25, 0.3) is 22.2 Å². The van der Waals surface area contributed by atoms with Crippen molar-refractivity contribution in [2.45, 2.75) is 25.3 Å². The molecule has 7 nitrogen and oxygen atoms in total. The monoisotopic (exact) mass is 382 g/mol. The van der Waals surface area contributed by atoms with Crippen molar-refractivity contribution in [2.24, 2.45) is 0 Å². The second-order valence-corrected chi connectivity index (χ2v) is 7.07. The van der Waals surface area contributed by atoms with Crippen LogP contribution in [0.1, 0.15) is 30.9 Å². The van der Waals surface area contributed by atoms with Crippen LogP contribution in [-0.4, -0.2) is 19.5 Å². The van der Waals surface area contributed by atoms with Gasteiger partial charge in [-0.3, -0.25) is 0 Å². The first-order chi connectivity index (χ1) is 14.2. The Morgan fingerprint density at radius 1 is 1.10 bits per heavy atom. The molecular weight excluding hydrogens is 364 g/mol. The highest BCUT2D eigenvalue weighted by Gasteiger charge is 2.28. The van der Waals surface area contributed by atoms with Gasteiger partial charge in [-0.1, -0.05) is 0 Å². The number of nitrogens with zero attached hydrogens (tertiary/aromatic N) is 5. The van der Waals surface area contributed by atoms with Crippen molar-refractivity contribution in [3.63, 3.8) is 0 Å². The van der Waals surface area contributed by atoms with E-state index in [0.29, 0.717) is 23.2 Å². The first kappa shape index (κ1) is 17.2. The van der Waals surface area contributed by atoms with Crippen LogP contribution in [0, 0.1) is 11.3 Å². The van der Waals surface area contributed by atoms with Gasteiger partial charge in [-0.05, 0) is 49.6 Å². The van der Waals surface area contributed by atoms with Crippen LogP contribution in [0.15, 0.2) is 55.0 Å². The van der Waals surface area contributed by atoms with Crippen LogP contribution in [-0.2, 0) is 0 Å². The Bertz CT molecular complexity index is 1220. The van der Waals surface area contributed by atoms with Crippen molar-refractivity contribution >= 4 is 16.7 Å². The minimum absolute atomic E-state index is 0.289. The van der Waals surface area contributed by atoms with Gasteiger partial charge in [0.05, 0.1) is 16.8 Å². The molecule has 0 radical (unpaired) electrons. The third-order valence-corrected chi connectivity index (χ3v) is 5.34. The van der Waals surface area contributed by atoms with E-state index in [4.69, 9.17) is 10.5 Å². The first-order valence-corrected chi connectivity index (χ1v) is 9.49. The summed E-state index contributed by atoms with van der Waals surface area (Å²) in [5, 5.41) is 10.9. The summed E-state index contributed by atoms with van der Waals surface area (Å²) in [5.41, 5.74) is 9.14. The summed E-state index contributed by atoms with van der Waals surface area (Å²) in [6.07, 6.45) is 8.35. The summed E-state index contributed by atoms with van der Waals surface area (Å²) >= 11 is 0. The lowest BCUT2D eigenvalue weighted by Gasteiger charge is -2.30. The van der Waals surface area contributed by atoms with E-state index < -0.39 is 0 Å². The van der Waals surface area contributed by atoms with Crippen molar-refractivity contribution < 1.29 is 4.74 Å². The van der Waals surface area contributed by atoms with Gasteiger partial charge in [-0.15, -0.1) is 0 Å². The average Bonchev–Trinajstić information content (AvgIpc) is 3.01. The normalized spacial score (nSPS) is 13.8. The molecule has 4 aromatic rings. The standard InChI is InChI=1S/C22H18N6O/c23-12-18-17-7-6-16(29-22-25-9-2-10-26-22)11-19(17)28(15-3-1-4-15)21(18)14-5-8-20(24)27-13-14/h2,5-11,13,15H,1,3-4H2,(H2,24,27). The van der Waals surface area contributed by atoms with Gasteiger partial charge in [0.1, 0.15) is 17.6 Å². The van der Waals surface area contributed by atoms with E-state index in [2.05, 4.69) is 25.6 Å². The van der Waals surface area contributed by atoms with Gasteiger partial charge in [-0.2, -0.15) is 5.26 Å². The third kappa shape index (κ3) is 2.95. The largest absolute Gasteiger partial charge is 0.424 e. The van der Waals surface area contributed by atoms with Crippen molar-refractivity contribution in [1.29, 1.82) is 5.26 Å². The molecule has 0 atom stereocenters. The molecule has 0 bridgehead atoms. The maximum absolute atomic E-state index is 9.96. The molecule has 5 rings (SSSR count). The Balaban J connectivity index is 1.71. The highest BCUT2D eigenvalue weighted by molar-refractivity contribution is 5.95. The van der Waals surface area contributed by atoms with E-state index in [1.807, 2.05) is 24.3 Å². The Hall–Kier alpha value is -3.92. The Morgan fingerprint density at radius 2 is 1.93 bits per heavy atom. The number of ether oxygens (including phenoxy) is 1. The van der Waals surface area contributed by atoms with Gasteiger partial charge >= 0.3 is 6.01 Å². The maximum atomic E-state index is 9.96. The van der Waals surface area contributed by atoms with Crippen molar-refractivity contribution in [3.05, 3.63) is 60.6 Å². The molecule has 1 aliphatic carbocycles. The van der Waals surface area contributed by atoms with Crippen LogP contribution < -0.4 is 10.5 Å². The second kappa shape index (κ2) is 6.91. The number of aromatic nitrogens is 4. The number of nitriles is 1. The molecule has 0 spiro atoms. The van der Waals surface area contributed by atoms with Gasteiger partial charge in [-0.25, -0.2) is 15.0 Å². The zero-order valence-electron chi connectivity index (χ0n) is 15.6. The SMILES string of the molecule is N#Cc1c(-c2ccc(N)nc2)n(C2CCC2)c2cc(Oc3ncccn3)ccc12. The molecule has 1 aromatic carbocycles. The maximum Gasteiger partial charge on any atom is 0.321 e. The number of pyridine rings is 1. The zero-order chi connectivity index (χ0) is 19.8. The quantitative estimate of drug-likeness (QED) is 0.559. The molecule has 1 saturated carbocycles. The number of hydrogen-bond donors (Lipinski definition) is 1. The number of benzene rings is 1. The molecule has 3 aromatic heterocycles. The summed E-state index contributed by atoms with van der Waals surface area (Å²) in [7, 11) is 0. The molecule has 142 valence electrons. The molecule has 0 saturated heterocycles. The van der Waals surface area contributed by atoms with E-state index >= 15 is 0 Å². The number of nitrogens with two attached hydrogens (primary N) is 1. The summed E-state index contributed by atoms with van der Waals surface area (Å²) in [6.45, 7) is 0. The minimum Gasteiger partial charge on any atom is -0.424 e. The number of rotatable bonds is 4. The Morgan fingerprint density at radius 3 is 2.59 bits per heavy atom. The topological polar surface area (TPSA) is 103 Å². The fourth-order valence-electron chi connectivity index (χ4n) is 3.76. The van der Waals surface area contributed by atoms with Crippen LogP contribution >= 0.6 is 0 Å². The highest BCUT2D eigenvalue weighted by Crippen LogP contribution is 2.43. The van der Waals surface area contributed by atoms with Crippen LogP contribution in [0.4, 0.5) is 5.82 Å². The fraction of sp³-hybridized carbons (Fsp3) is 0.182. The molecule has 0 amide bonds. The number of anilines is 1. The van der Waals surface area contributed by atoms with E-state index in [1.165, 1.54) is 6.42 Å². The lowest BCUT2D eigenvalue weighted by atomic mass is 9.92. The Labute approximate surface area is 167 Å². The zero-order valence-corrected chi connectivity index (χ0v) is 15.6. The van der Waals surface area contributed by atoms with Crippen LogP contribution in [0.2, 0.25) is 0 Å². The van der Waals surface area contributed by atoms with E-state index in [1.54, 1.807) is 30.7 Å². The molecule has 0 aliphatic heterocycles. The van der Waals surface area contributed by atoms with Gasteiger partial charge in [0.15, 0.2) is 0 Å². The van der Waals surface area contributed by atoms with Crippen molar-refractivity contribution in [2.75, 3.05) is 5.73 Å². The molecule has 1 fully saturated rings. The Kier molecular flexibility index (Phi) is 4.10.